The number of nitrogens with two attached hydrogens (primary N) is 1. The molecule has 10 heteroatoms. The Morgan fingerprint density at radius 2 is 0.618 bits per heavy atom. The summed E-state index contributed by atoms with van der Waals surface area (Å²) >= 11 is 0. The number of rotatable bonds is 68. The van der Waals surface area contributed by atoms with E-state index in [1.165, 1.54) is 193 Å². The van der Waals surface area contributed by atoms with Gasteiger partial charge in [-0.2, -0.15) is 0 Å². The van der Waals surface area contributed by atoms with Gasteiger partial charge in [0.25, 0.3) is 0 Å². The number of hydrogen-bond donors (Lipinski definition) is 2. The molecule has 2 unspecified atom stereocenters. The Labute approximate surface area is 548 Å². The van der Waals surface area contributed by atoms with Crippen molar-refractivity contribution in [1.82, 2.24) is 0 Å². The first-order valence-electron chi connectivity index (χ1n) is 36.7. The SMILES string of the molecule is CC/C=C\C/C=C\C/C=C\C/C=C\C/C=C\C/C=C\C/C=C\C/C=C\CCCCC(=O)OC(COC(=O)CCCCCCCCCCCCCCCCCCCCCCCCCCCC/C=C\C/C=C\C/C=C\CCCCCCC)COP(=O)(O)OCCN. The summed E-state index contributed by atoms with van der Waals surface area (Å²) in [4.78, 5) is 35.3. The number of esters is 2. The molecule has 510 valence electrons. The zero-order chi connectivity index (χ0) is 64.4. The summed E-state index contributed by atoms with van der Waals surface area (Å²) in [5.41, 5.74) is 5.40. The third kappa shape index (κ3) is 73.1. The van der Waals surface area contributed by atoms with Crippen LogP contribution >= 0.6 is 7.82 Å². The minimum absolute atomic E-state index is 0.0407. The van der Waals surface area contributed by atoms with Crippen molar-refractivity contribution in [3.63, 3.8) is 0 Å². The number of allylic oxidation sites excluding steroid dienone is 22. The summed E-state index contributed by atoms with van der Waals surface area (Å²) in [6, 6.07) is 0. The molecule has 0 bridgehead atoms. The lowest BCUT2D eigenvalue weighted by molar-refractivity contribution is -0.161. The predicted octanol–water partition coefficient (Wildman–Crippen LogP) is 24.4. The molecule has 0 radical (unpaired) electrons. The van der Waals surface area contributed by atoms with Crippen LogP contribution < -0.4 is 5.73 Å². The van der Waals surface area contributed by atoms with E-state index in [2.05, 4.69) is 148 Å². The molecule has 0 aromatic rings. The van der Waals surface area contributed by atoms with E-state index in [0.717, 1.165) is 96.3 Å². The summed E-state index contributed by atoms with van der Waals surface area (Å²) in [6.07, 6.45) is 104. The number of phosphoric acid groups is 1. The van der Waals surface area contributed by atoms with Crippen LogP contribution in [0.2, 0.25) is 0 Å². The van der Waals surface area contributed by atoms with Crippen LogP contribution in [0, 0.1) is 0 Å². The Morgan fingerprint density at radius 1 is 0.348 bits per heavy atom. The highest BCUT2D eigenvalue weighted by molar-refractivity contribution is 7.47. The molecule has 0 aromatic carbocycles. The molecule has 0 fully saturated rings. The summed E-state index contributed by atoms with van der Waals surface area (Å²) in [5, 5.41) is 0. The number of hydrogen-bond acceptors (Lipinski definition) is 8. The van der Waals surface area contributed by atoms with Crippen molar-refractivity contribution in [2.75, 3.05) is 26.4 Å². The highest BCUT2D eigenvalue weighted by atomic mass is 31.2. The van der Waals surface area contributed by atoms with Gasteiger partial charge in [-0.1, -0.05) is 327 Å². The fourth-order valence-corrected chi connectivity index (χ4v) is 10.9. The molecule has 0 saturated heterocycles. The Bertz CT molecular complexity index is 1920. The van der Waals surface area contributed by atoms with E-state index in [4.69, 9.17) is 24.3 Å². The van der Waals surface area contributed by atoms with E-state index in [1.54, 1.807) is 0 Å². The van der Waals surface area contributed by atoms with Crippen LogP contribution in [-0.2, 0) is 32.7 Å². The van der Waals surface area contributed by atoms with Gasteiger partial charge in [0.05, 0.1) is 13.2 Å². The van der Waals surface area contributed by atoms with Crippen LogP contribution in [0.3, 0.4) is 0 Å². The van der Waals surface area contributed by atoms with Gasteiger partial charge < -0.3 is 20.1 Å². The molecule has 0 aliphatic carbocycles. The molecule has 9 nitrogen and oxygen atoms in total. The molecule has 0 aliphatic heterocycles. The third-order valence-corrected chi connectivity index (χ3v) is 16.5. The standard InChI is InChI=1S/C79H136NO8P/c1-3-5-7-9-11-13-15-17-19-21-23-25-27-29-31-32-33-34-35-36-37-38-39-40-41-42-43-44-46-47-49-51-53-55-57-59-61-63-65-67-69-71-78(81)85-75-77(76-87-89(83,84)86-74-73-80)88-79(82)72-70-68-66-64-62-60-58-56-54-52-50-48-45-30-28-26-24-22-20-18-16-14-12-10-8-6-4-2/h6,8,12,14-15,17-18,20-21,23-24,26-27,29-30,45,50,52,56,58,62,64,77H,3-5,7,9-11,13,16,19,22,25,28,31-44,46-49,51,53-55,57,59-61,63,65-76,80H2,1-2H3,(H,83,84)/b8-6-,14-12-,17-15-,20-18-,23-21-,26-24-,29-27-,45-30-,52-50-,58-56-,64-62-. The molecule has 0 aliphatic rings. The van der Waals surface area contributed by atoms with Crippen molar-refractivity contribution in [3.8, 4) is 0 Å². The maximum absolute atomic E-state index is 12.7. The van der Waals surface area contributed by atoms with Gasteiger partial charge >= 0.3 is 19.8 Å². The monoisotopic (exact) mass is 1260 g/mol. The molecule has 2 atom stereocenters. The molecule has 0 aromatic heterocycles. The average molecular weight is 1260 g/mol. The molecule has 0 spiro atoms. The Balaban J connectivity index is 3.87. The van der Waals surface area contributed by atoms with Crippen molar-refractivity contribution < 1.29 is 37.6 Å². The fourth-order valence-electron chi connectivity index (χ4n) is 10.1. The van der Waals surface area contributed by atoms with Crippen LogP contribution in [0.5, 0.6) is 0 Å². The summed E-state index contributed by atoms with van der Waals surface area (Å²) in [5.74, 6) is -0.876. The molecule has 0 saturated carbocycles. The topological polar surface area (TPSA) is 134 Å². The number of ether oxygens (including phenoxy) is 2. The van der Waals surface area contributed by atoms with Crippen molar-refractivity contribution in [2.45, 2.75) is 328 Å². The molecule has 0 amide bonds. The van der Waals surface area contributed by atoms with Crippen LogP contribution in [0.15, 0.2) is 134 Å². The zero-order valence-electron chi connectivity index (χ0n) is 57.4. The van der Waals surface area contributed by atoms with E-state index in [0.29, 0.717) is 6.42 Å². The van der Waals surface area contributed by atoms with Gasteiger partial charge in [-0.15, -0.1) is 0 Å². The third-order valence-electron chi connectivity index (χ3n) is 15.5. The van der Waals surface area contributed by atoms with E-state index in [9.17, 15) is 19.0 Å². The second-order valence-electron chi connectivity index (χ2n) is 24.1. The molecule has 0 heterocycles. The van der Waals surface area contributed by atoms with Gasteiger partial charge in [0.1, 0.15) is 6.61 Å². The number of phosphoric ester groups is 1. The Morgan fingerprint density at radius 3 is 0.944 bits per heavy atom. The fraction of sp³-hybridized carbons (Fsp3) is 0.696. The molecular weight excluding hydrogens is 1120 g/mol. The normalized spacial score (nSPS) is 13.7. The van der Waals surface area contributed by atoms with Gasteiger partial charge in [0, 0.05) is 19.4 Å². The van der Waals surface area contributed by atoms with Gasteiger partial charge in [0.2, 0.25) is 0 Å². The lowest BCUT2D eigenvalue weighted by Crippen LogP contribution is -2.29. The van der Waals surface area contributed by atoms with E-state index < -0.39 is 32.5 Å². The van der Waals surface area contributed by atoms with Gasteiger partial charge in [-0.25, -0.2) is 4.57 Å². The van der Waals surface area contributed by atoms with E-state index in [1.807, 2.05) is 0 Å². The molecule has 0 rings (SSSR count). The average Bonchev–Trinajstić information content (AvgIpc) is 3.64. The Kier molecular flexibility index (Phi) is 70.0. The minimum atomic E-state index is -4.41. The lowest BCUT2D eigenvalue weighted by Gasteiger charge is -2.19. The maximum Gasteiger partial charge on any atom is 0.472 e. The zero-order valence-corrected chi connectivity index (χ0v) is 58.3. The van der Waals surface area contributed by atoms with Crippen molar-refractivity contribution >= 4 is 19.8 Å². The van der Waals surface area contributed by atoms with Crippen LogP contribution in [-0.4, -0.2) is 49.3 Å². The largest absolute Gasteiger partial charge is 0.472 e. The van der Waals surface area contributed by atoms with Crippen molar-refractivity contribution in [2.24, 2.45) is 5.73 Å². The highest BCUT2D eigenvalue weighted by Crippen LogP contribution is 2.43. The summed E-state index contributed by atoms with van der Waals surface area (Å²) < 4.78 is 33.1. The summed E-state index contributed by atoms with van der Waals surface area (Å²) in [6.45, 7) is 3.58. The first-order chi connectivity index (χ1) is 43.8. The van der Waals surface area contributed by atoms with Crippen LogP contribution in [0.4, 0.5) is 0 Å². The highest BCUT2D eigenvalue weighted by Gasteiger charge is 2.26. The molecule has 89 heavy (non-hydrogen) atoms. The van der Waals surface area contributed by atoms with Gasteiger partial charge in [-0.05, 0) is 116 Å². The number of carbonyl (C=O) groups is 2. The Hall–Kier alpha value is -3.85. The maximum atomic E-state index is 12.7. The lowest BCUT2D eigenvalue weighted by atomic mass is 10.0. The number of carbonyl (C=O) groups excluding carboxylic acids is 2. The quantitative estimate of drug-likeness (QED) is 0.0264. The second kappa shape index (κ2) is 73.2. The smallest absolute Gasteiger partial charge is 0.462 e. The minimum Gasteiger partial charge on any atom is -0.462 e. The predicted molar refractivity (Wildman–Crippen MR) is 385 cm³/mol. The first-order valence-corrected chi connectivity index (χ1v) is 38.2. The van der Waals surface area contributed by atoms with Crippen molar-refractivity contribution in [1.29, 1.82) is 0 Å². The number of unbranched alkanes of at least 4 members (excludes halogenated alkanes) is 33. The van der Waals surface area contributed by atoms with Crippen LogP contribution in [0.1, 0.15) is 322 Å². The van der Waals surface area contributed by atoms with Crippen LogP contribution in [0.25, 0.3) is 0 Å². The second-order valence-corrected chi connectivity index (χ2v) is 25.5. The first kappa shape index (κ1) is 85.2. The van der Waals surface area contributed by atoms with Gasteiger partial charge in [0.15, 0.2) is 6.10 Å². The van der Waals surface area contributed by atoms with Gasteiger partial charge in [-0.3, -0.25) is 18.6 Å². The van der Waals surface area contributed by atoms with Crippen molar-refractivity contribution in [3.05, 3.63) is 134 Å². The molecule has 3 N–H and O–H groups in total. The van der Waals surface area contributed by atoms with E-state index in [-0.39, 0.29) is 32.6 Å². The summed E-state index contributed by atoms with van der Waals surface area (Å²) in [7, 11) is -4.41. The molecular formula is C79H136NO8P. The van der Waals surface area contributed by atoms with E-state index >= 15 is 0 Å².